The minimum absolute atomic E-state index is 0.397. The van der Waals surface area contributed by atoms with E-state index in [0.29, 0.717) is 11.6 Å². The molecule has 2 heterocycles. The van der Waals surface area contributed by atoms with Gasteiger partial charge in [-0.2, -0.15) is 5.10 Å². The summed E-state index contributed by atoms with van der Waals surface area (Å²) in [6.45, 7) is 0.397. The Kier molecular flexibility index (Phi) is 5.24. The van der Waals surface area contributed by atoms with Gasteiger partial charge in [0.1, 0.15) is 0 Å². The van der Waals surface area contributed by atoms with Gasteiger partial charge in [0.2, 0.25) is 0 Å². The Bertz CT molecular complexity index is 1330. The lowest BCUT2D eigenvalue weighted by atomic mass is 10.0. The first-order valence-electron chi connectivity index (χ1n) is 10.0. The lowest BCUT2D eigenvalue weighted by molar-refractivity contribution is 0.181. The summed E-state index contributed by atoms with van der Waals surface area (Å²) in [5.41, 5.74) is 8.02. The average Bonchev–Trinajstić information content (AvgIpc) is 3.19. The predicted octanol–water partition coefficient (Wildman–Crippen LogP) is 6.53. The molecule has 152 valence electrons. The Labute approximate surface area is 185 Å². The van der Waals surface area contributed by atoms with E-state index in [-0.39, 0.29) is 0 Å². The number of nitrogens with zero attached hydrogens (tertiary/aromatic N) is 3. The second-order valence-electron chi connectivity index (χ2n) is 7.27. The highest BCUT2D eigenvalue weighted by Crippen LogP contribution is 2.32. The molecular weight excluding hydrogens is 406 g/mol. The summed E-state index contributed by atoms with van der Waals surface area (Å²) < 4.78 is 7.32. The zero-order chi connectivity index (χ0) is 21.2. The van der Waals surface area contributed by atoms with Gasteiger partial charge in [-0.1, -0.05) is 78.3 Å². The number of aromatic nitrogens is 3. The number of benzene rings is 3. The molecule has 0 bridgehead atoms. The molecule has 0 aliphatic carbocycles. The van der Waals surface area contributed by atoms with Crippen molar-refractivity contribution < 1.29 is 4.74 Å². The Morgan fingerprint density at radius 3 is 2.13 bits per heavy atom. The van der Waals surface area contributed by atoms with E-state index in [4.69, 9.17) is 21.4 Å². The minimum atomic E-state index is 0.397. The second-order valence-corrected chi connectivity index (χ2v) is 7.71. The van der Waals surface area contributed by atoms with Crippen LogP contribution in [-0.2, 0) is 11.3 Å². The van der Waals surface area contributed by atoms with Crippen molar-refractivity contribution in [3.05, 3.63) is 102 Å². The smallest absolute Gasteiger partial charge is 0.163 e. The molecule has 3 aromatic carbocycles. The highest BCUT2D eigenvalue weighted by Gasteiger charge is 2.18. The van der Waals surface area contributed by atoms with Crippen molar-refractivity contribution in [3.63, 3.8) is 0 Å². The second kappa shape index (κ2) is 8.34. The zero-order valence-electron chi connectivity index (χ0n) is 17.0. The molecule has 0 saturated heterocycles. The van der Waals surface area contributed by atoms with Crippen LogP contribution < -0.4 is 0 Å². The van der Waals surface area contributed by atoms with Crippen LogP contribution in [-0.4, -0.2) is 21.7 Å². The van der Waals surface area contributed by atoms with Crippen LogP contribution >= 0.6 is 11.6 Å². The molecule has 4 nitrogen and oxygen atoms in total. The first-order chi connectivity index (χ1) is 15.2. The van der Waals surface area contributed by atoms with E-state index < -0.39 is 0 Å². The van der Waals surface area contributed by atoms with Gasteiger partial charge in [0.15, 0.2) is 5.65 Å². The molecule has 0 saturated carbocycles. The van der Waals surface area contributed by atoms with E-state index in [1.807, 2.05) is 47.1 Å². The maximum atomic E-state index is 6.09. The molecule has 0 N–H and O–H groups in total. The number of ether oxygens (including phenoxy) is 1. The number of hydrogen-bond acceptors (Lipinski definition) is 3. The molecule has 0 amide bonds. The molecule has 0 fully saturated rings. The fourth-order valence-corrected chi connectivity index (χ4v) is 3.95. The third-order valence-electron chi connectivity index (χ3n) is 5.29. The predicted molar refractivity (Wildman–Crippen MR) is 125 cm³/mol. The maximum Gasteiger partial charge on any atom is 0.163 e. The maximum absolute atomic E-state index is 6.09. The van der Waals surface area contributed by atoms with Crippen molar-refractivity contribution in [2.75, 3.05) is 7.11 Å². The van der Waals surface area contributed by atoms with Gasteiger partial charge >= 0.3 is 0 Å². The van der Waals surface area contributed by atoms with Gasteiger partial charge in [-0.15, -0.1) is 0 Å². The summed E-state index contributed by atoms with van der Waals surface area (Å²) in [6, 6.07) is 28.6. The average molecular weight is 426 g/mol. The van der Waals surface area contributed by atoms with Crippen LogP contribution in [0, 0.1) is 0 Å². The van der Waals surface area contributed by atoms with Gasteiger partial charge < -0.3 is 4.74 Å². The van der Waals surface area contributed by atoms with E-state index in [9.17, 15) is 0 Å². The van der Waals surface area contributed by atoms with E-state index in [1.165, 1.54) is 11.1 Å². The Balaban J connectivity index is 1.63. The van der Waals surface area contributed by atoms with Crippen LogP contribution in [0.5, 0.6) is 0 Å². The number of hydrogen-bond donors (Lipinski definition) is 0. The Morgan fingerprint density at radius 2 is 1.42 bits per heavy atom. The third kappa shape index (κ3) is 3.72. The van der Waals surface area contributed by atoms with Crippen LogP contribution in [0.3, 0.4) is 0 Å². The molecule has 0 spiro atoms. The SMILES string of the molecule is COCc1nn2c(-c3ccc(-c4ccccc4)cc3)ccnc2c1-c1ccc(Cl)cc1. The van der Waals surface area contributed by atoms with Gasteiger partial charge in [-0.3, -0.25) is 0 Å². The van der Waals surface area contributed by atoms with Crippen molar-refractivity contribution in [2.45, 2.75) is 6.61 Å². The molecule has 0 radical (unpaired) electrons. The van der Waals surface area contributed by atoms with Gasteiger partial charge in [-0.05, 0) is 34.9 Å². The summed E-state index contributed by atoms with van der Waals surface area (Å²) >= 11 is 6.09. The van der Waals surface area contributed by atoms with Crippen LogP contribution in [0.4, 0.5) is 0 Å². The van der Waals surface area contributed by atoms with Gasteiger partial charge in [0.05, 0.1) is 23.6 Å². The fraction of sp³-hybridized carbons (Fsp3) is 0.0769. The zero-order valence-corrected chi connectivity index (χ0v) is 17.8. The van der Waals surface area contributed by atoms with Crippen LogP contribution in [0.1, 0.15) is 5.69 Å². The van der Waals surface area contributed by atoms with Crippen LogP contribution in [0.15, 0.2) is 91.1 Å². The van der Waals surface area contributed by atoms with Gasteiger partial charge in [-0.25, -0.2) is 9.50 Å². The Morgan fingerprint density at radius 1 is 0.774 bits per heavy atom. The normalized spacial score (nSPS) is 11.2. The monoisotopic (exact) mass is 425 g/mol. The summed E-state index contributed by atoms with van der Waals surface area (Å²) in [6.07, 6.45) is 1.83. The van der Waals surface area contributed by atoms with Crippen molar-refractivity contribution in [1.82, 2.24) is 14.6 Å². The number of halogens is 1. The molecule has 5 heteroatoms. The summed E-state index contributed by atoms with van der Waals surface area (Å²) in [4.78, 5) is 4.65. The van der Waals surface area contributed by atoms with Gasteiger partial charge in [0, 0.05) is 23.9 Å². The highest BCUT2D eigenvalue weighted by atomic mass is 35.5. The van der Waals surface area contributed by atoms with Crippen molar-refractivity contribution in [1.29, 1.82) is 0 Å². The number of rotatable bonds is 5. The summed E-state index contributed by atoms with van der Waals surface area (Å²) in [5, 5.41) is 5.55. The quantitative estimate of drug-likeness (QED) is 0.321. The van der Waals surface area contributed by atoms with E-state index in [0.717, 1.165) is 33.7 Å². The van der Waals surface area contributed by atoms with Crippen molar-refractivity contribution >= 4 is 17.2 Å². The molecule has 0 atom stereocenters. The Hall–Kier alpha value is -3.47. The topological polar surface area (TPSA) is 39.4 Å². The molecule has 31 heavy (non-hydrogen) atoms. The highest BCUT2D eigenvalue weighted by molar-refractivity contribution is 6.30. The van der Waals surface area contributed by atoms with E-state index >= 15 is 0 Å². The largest absolute Gasteiger partial charge is 0.378 e. The fourth-order valence-electron chi connectivity index (χ4n) is 3.82. The number of methoxy groups -OCH3 is 1. The van der Waals surface area contributed by atoms with E-state index in [2.05, 4.69) is 53.5 Å². The summed E-state index contributed by atoms with van der Waals surface area (Å²) in [7, 11) is 1.67. The van der Waals surface area contributed by atoms with Gasteiger partial charge in [0.25, 0.3) is 0 Å². The number of fused-ring (bicyclic) bond motifs is 1. The minimum Gasteiger partial charge on any atom is -0.378 e. The lowest BCUT2D eigenvalue weighted by Gasteiger charge is -2.07. The molecule has 0 aliphatic rings. The molecular formula is C26H20ClN3O. The molecule has 0 unspecified atom stereocenters. The van der Waals surface area contributed by atoms with Crippen LogP contribution in [0.2, 0.25) is 5.02 Å². The molecule has 0 aliphatic heterocycles. The van der Waals surface area contributed by atoms with E-state index in [1.54, 1.807) is 7.11 Å². The molecule has 2 aromatic heterocycles. The first-order valence-corrected chi connectivity index (χ1v) is 10.4. The van der Waals surface area contributed by atoms with Crippen LogP contribution in [0.25, 0.3) is 39.2 Å². The summed E-state index contributed by atoms with van der Waals surface area (Å²) in [5.74, 6) is 0. The molecule has 5 aromatic rings. The lowest BCUT2D eigenvalue weighted by Crippen LogP contribution is -1.96. The van der Waals surface area contributed by atoms with Crippen molar-refractivity contribution in [3.8, 4) is 33.5 Å². The van der Waals surface area contributed by atoms with Crippen molar-refractivity contribution in [2.24, 2.45) is 0 Å². The molecule has 5 rings (SSSR count). The first kappa shape index (κ1) is 19.5. The standard InChI is InChI=1S/C26H20ClN3O/c1-31-17-23-25(21-11-13-22(27)14-12-21)26-28-16-15-24(30(26)29-23)20-9-7-19(8-10-20)18-5-3-2-4-6-18/h2-16H,17H2,1H3. The third-order valence-corrected chi connectivity index (χ3v) is 5.54.